The van der Waals surface area contributed by atoms with Gasteiger partial charge in [0.2, 0.25) is 11.8 Å². The molecule has 0 saturated heterocycles. The lowest BCUT2D eigenvalue weighted by Crippen LogP contribution is -2.34. The van der Waals surface area contributed by atoms with Gasteiger partial charge in [0, 0.05) is 10.0 Å². The molecule has 0 aliphatic rings. The lowest BCUT2D eigenvalue weighted by Gasteiger charge is -2.16. The van der Waals surface area contributed by atoms with Gasteiger partial charge in [0.15, 0.2) is 10.3 Å². The zero-order valence-electron chi connectivity index (χ0n) is 21.1. The number of benzene rings is 2. The summed E-state index contributed by atoms with van der Waals surface area (Å²) in [7, 11) is 0. The Hall–Kier alpha value is -2.37. The maximum Gasteiger partial charge on any atom is 0.233 e. The molecule has 8 nitrogen and oxygen atoms in total. The minimum atomic E-state index is -0.527. The Kier molecular flexibility index (Phi) is 13.3. The molecule has 0 aliphatic carbocycles. The van der Waals surface area contributed by atoms with Gasteiger partial charge in [-0.25, -0.2) is 0 Å². The third-order valence-corrected chi connectivity index (χ3v) is 7.96. The molecule has 0 spiro atoms. The maximum absolute atomic E-state index is 12.5. The highest BCUT2D eigenvalue weighted by Gasteiger charge is 2.21. The molecule has 0 fully saturated rings. The first kappa shape index (κ1) is 31.8. The van der Waals surface area contributed by atoms with Gasteiger partial charge in [0.05, 0.1) is 22.3 Å². The maximum atomic E-state index is 12.5. The fourth-order valence-corrected chi connectivity index (χ4v) is 5.44. The van der Waals surface area contributed by atoms with Crippen LogP contribution in [0.5, 0.6) is 0 Å². The average Bonchev–Trinajstić information content (AvgIpc) is 2.86. The molecular formula is C26H32Cl2N6O2S2. The fourth-order valence-electron chi connectivity index (χ4n) is 3.45. The summed E-state index contributed by atoms with van der Waals surface area (Å²) < 4.78 is 0. The number of carbonyl (C=O) groups excluding carboxylic acids is 2. The van der Waals surface area contributed by atoms with Gasteiger partial charge in [0.25, 0.3) is 0 Å². The molecule has 38 heavy (non-hydrogen) atoms. The number of amidine groups is 2. The Morgan fingerprint density at radius 2 is 1.32 bits per heavy atom. The Morgan fingerprint density at radius 1 is 0.842 bits per heavy atom. The quantitative estimate of drug-likeness (QED) is 0.0824. The Labute approximate surface area is 241 Å². The minimum absolute atomic E-state index is 0.0279. The molecular weight excluding hydrogens is 563 g/mol. The number of nitrogens with one attached hydrogen (secondary N) is 5. The van der Waals surface area contributed by atoms with Crippen LogP contribution in [0.3, 0.4) is 0 Å². The van der Waals surface area contributed by atoms with Crippen LogP contribution in [-0.2, 0) is 9.59 Å². The van der Waals surface area contributed by atoms with Crippen LogP contribution in [0, 0.1) is 16.2 Å². The summed E-state index contributed by atoms with van der Waals surface area (Å²) in [6.45, 7) is 3.44. The number of thioether (sulfide) groups is 2. The normalized spacial score (nSPS) is 13.2. The molecule has 2 amide bonds. The molecule has 0 heterocycles. The van der Waals surface area contributed by atoms with Crippen molar-refractivity contribution >= 4 is 73.9 Å². The molecule has 0 saturated carbocycles. The second kappa shape index (κ2) is 15.9. The van der Waals surface area contributed by atoms with E-state index in [0.717, 1.165) is 23.5 Å². The van der Waals surface area contributed by atoms with E-state index in [-0.39, 0.29) is 32.6 Å². The molecule has 3 unspecified atom stereocenters. The fraction of sp³-hybridized carbons (Fsp3) is 0.346. The first-order valence-electron chi connectivity index (χ1n) is 11.9. The molecule has 2 aromatic rings. The predicted molar refractivity (Wildman–Crippen MR) is 161 cm³/mol. The van der Waals surface area contributed by atoms with Crippen molar-refractivity contribution in [3.05, 3.63) is 69.7 Å². The van der Waals surface area contributed by atoms with Crippen molar-refractivity contribution < 1.29 is 9.59 Å². The van der Waals surface area contributed by atoms with Crippen LogP contribution in [0.2, 0.25) is 10.0 Å². The number of carbonyl (C=O) groups is 2. The second-order valence-corrected chi connectivity index (χ2v) is 11.7. The van der Waals surface area contributed by atoms with Crippen molar-refractivity contribution in [3.63, 3.8) is 0 Å². The third kappa shape index (κ3) is 10.4. The van der Waals surface area contributed by atoms with Crippen LogP contribution >= 0.6 is 46.7 Å². The Bertz CT molecular complexity index is 1180. The van der Waals surface area contributed by atoms with Crippen LogP contribution in [-0.4, -0.2) is 32.6 Å². The molecule has 2 aromatic carbocycles. The van der Waals surface area contributed by atoms with E-state index >= 15 is 0 Å². The zero-order chi connectivity index (χ0) is 28.2. The summed E-state index contributed by atoms with van der Waals surface area (Å²) in [6, 6.07) is 14.2. The van der Waals surface area contributed by atoms with Crippen LogP contribution in [0.4, 0.5) is 0 Å². The standard InChI is InChI=1S/C26H32Cl2N6O2S2/c1-15(17-9-3-5-11-19(17)27)23(35)33-25(31)37-21(29)13-7-8-14-22(30)38-26(32)34-24(36)16(2)18-10-4-6-12-20(18)28/h3-6,9-12,15-16,21,30H,7-8,13-14,29H2,1-2H3,(H2,31,33,35)(H2,32,34,36). The average molecular weight is 596 g/mol. The van der Waals surface area contributed by atoms with Gasteiger partial charge >= 0.3 is 0 Å². The highest BCUT2D eigenvalue weighted by Crippen LogP contribution is 2.26. The molecule has 7 N–H and O–H groups in total. The van der Waals surface area contributed by atoms with E-state index in [1.165, 1.54) is 0 Å². The van der Waals surface area contributed by atoms with E-state index in [1.807, 2.05) is 0 Å². The van der Waals surface area contributed by atoms with Gasteiger partial charge in [-0.3, -0.25) is 25.8 Å². The van der Waals surface area contributed by atoms with E-state index in [4.69, 9.17) is 45.2 Å². The zero-order valence-corrected chi connectivity index (χ0v) is 24.3. The number of hydrogen-bond acceptors (Lipinski definition) is 8. The summed E-state index contributed by atoms with van der Waals surface area (Å²) in [6.07, 6.45) is 2.40. The SMILES string of the molecule is CC(C(=O)NC(=N)SC(=N)CCCCC(N)SC(=N)NC(=O)C(C)c1ccccc1Cl)c1ccccc1Cl. The van der Waals surface area contributed by atoms with Gasteiger partial charge in [-0.15, -0.1) is 0 Å². The van der Waals surface area contributed by atoms with Crippen molar-refractivity contribution in [2.45, 2.75) is 56.7 Å². The number of nitrogens with two attached hydrogens (primary N) is 1. The molecule has 0 bridgehead atoms. The number of amides is 2. The number of rotatable bonds is 10. The van der Waals surface area contributed by atoms with Gasteiger partial charge in [-0.1, -0.05) is 77.8 Å². The third-order valence-electron chi connectivity index (χ3n) is 5.64. The number of hydrogen-bond donors (Lipinski definition) is 6. The van der Waals surface area contributed by atoms with Gasteiger partial charge in [-0.2, -0.15) is 0 Å². The molecule has 2 rings (SSSR count). The molecule has 0 aromatic heterocycles. The lowest BCUT2D eigenvalue weighted by molar-refractivity contribution is -0.121. The molecule has 204 valence electrons. The summed E-state index contributed by atoms with van der Waals surface area (Å²) in [5.74, 6) is -1.72. The Balaban J connectivity index is 1.65. The minimum Gasteiger partial charge on any atom is -0.319 e. The van der Waals surface area contributed by atoms with Crippen LogP contribution in [0.15, 0.2) is 48.5 Å². The monoisotopic (exact) mass is 594 g/mol. The summed E-state index contributed by atoms with van der Waals surface area (Å²) >= 11 is 14.3. The van der Waals surface area contributed by atoms with Crippen LogP contribution in [0.1, 0.15) is 62.5 Å². The van der Waals surface area contributed by atoms with Crippen LogP contribution in [0.25, 0.3) is 0 Å². The van der Waals surface area contributed by atoms with Crippen molar-refractivity contribution in [1.29, 1.82) is 16.2 Å². The lowest BCUT2D eigenvalue weighted by atomic mass is 10.0. The first-order chi connectivity index (χ1) is 18.0. The number of unbranched alkanes of at least 4 members (excludes halogenated alkanes) is 1. The molecule has 12 heteroatoms. The van der Waals surface area contributed by atoms with Crippen molar-refractivity contribution in [2.24, 2.45) is 5.73 Å². The smallest absolute Gasteiger partial charge is 0.233 e. The van der Waals surface area contributed by atoms with Crippen molar-refractivity contribution in [3.8, 4) is 0 Å². The molecule has 0 aliphatic heterocycles. The van der Waals surface area contributed by atoms with E-state index in [1.54, 1.807) is 62.4 Å². The second-order valence-electron chi connectivity index (χ2n) is 8.55. The summed E-state index contributed by atoms with van der Waals surface area (Å²) in [4.78, 5) is 24.9. The highest BCUT2D eigenvalue weighted by atomic mass is 35.5. The summed E-state index contributed by atoms with van der Waals surface area (Å²) in [5.41, 5.74) is 7.47. The first-order valence-corrected chi connectivity index (χ1v) is 14.4. The van der Waals surface area contributed by atoms with E-state index < -0.39 is 11.8 Å². The number of halogens is 2. The largest absolute Gasteiger partial charge is 0.319 e. The molecule has 0 radical (unpaired) electrons. The van der Waals surface area contributed by atoms with Crippen molar-refractivity contribution in [2.75, 3.05) is 0 Å². The summed E-state index contributed by atoms with van der Waals surface area (Å²) in [5, 5.41) is 30.0. The van der Waals surface area contributed by atoms with E-state index in [2.05, 4.69) is 10.6 Å². The van der Waals surface area contributed by atoms with E-state index in [9.17, 15) is 9.59 Å². The van der Waals surface area contributed by atoms with Gasteiger partial charge in [-0.05, 0) is 68.1 Å². The van der Waals surface area contributed by atoms with E-state index in [0.29, 0.717) is 46.9 Å². The van der Waals surface area contributed by atoms with Crippen molar-refractivity contribution in [1.82, 2.24) is 10.6 Å². The van der Waals surface area contributed by atoms with Gasteiger partial charge in [0.1, 0.15) is 0 Å². The highest BCUT2D eigenvalue weighted by molar-refractivity contribution is 8.26. The topological polar surface area (TPSA) is 156 Å². The Morgan fingerprint density at radius 3 is 1.82 bits per heavy atom. The van der Waals surface area contributed by atoms with Gasteiger partial charge < -0.3 is 16.4 Å². The molecule has 3 atom stereocenters. The predicted octanol–water partition coefficient (Wildman–Crippen LogP) is 6.29. The van der Waals surface area contributed by atoms with Crippen LogP contribution < -0.4 is 16.4 Å².